The van der Waals surface area contributed by atoms with Crippen molar-refractivity contribution in [3.05, 3.63) is 87.3 Å². The number of aryl methyl sites for hydroxylation is 2. The molecule has 2 amide bonds. The SMILES string of the molecule is CCN1C(=O)/C(=C\c2ccc(OCC(=O)Nc3ccccc3Cl)c(OC)c2)SC1=Nc1cc(C)ccc1C. The van der Waals surface area contributed by atoms with Crippen LogP contribution in [-0.4, -0.2) is 42.1 Å². The lowest BCUT2D eigenvalue weighted by Gasteiger charge is -2.13. The van der Waals surface area contributed by atoms with Gasteiger partial charge in [-0.05, 0) is 85.6 Å². The highest BCUT2D eigenvalue weighted by Gasteiger charge is 2.32. The van der Waals surface area contributed by atoms with Crippen LogP contribution in [0.4, 0.5) is 11.4 Å². The maximum atomic E-state index is 13.1. The number of aliphatic imine (C=N–C) groups is 1. The standard InChI is InChI=1S/C29H28ClN3O4S/c1-5-33-28(35)26(38-29(33)32-23-14-18(2)10-11-19(23)3)16-20-12-13-24(25(15-20)36-4)37-17-27(34)31-22-9-7-6-8-21(22)30/h6-16H,5,17H2,1-4H3,(H,31,34)/b26-16+,32-29?. The van der Waals surface area contributed by atoms with Gasteiger partial charge in [-0.3, -0.25) is 14.5 Å². The van der Waals surface area contributed by atoms with Crippen molar-refractivity contribution < 1.29 is 19.1 Å². The van der Waals surface area contributed by atoms with Gasteiger partial charge in [-0.2, -0.15) is 0 Å². The number of hydrogen-bond acceptors (Lipinski definition) is 6. The Morgan fingerprint density at radius 1 is 1.11 bits per heavy atom. The molecule has 1 aliphatic heterocycles. The summed E-state index contributed by atoms with van der Waals surface area (Å²) in [5, 5.41) is 3.81. The summed E-state index contributed by atoms with van der Waals surface area (Å²) < 4.78 is 11.2. The van der Waals surface area contributed by atoms with Crippen molar-refractivity contribution in [1.29, 1.82) is 0 Å². The van der Waals surface area contributed by atoms with Crippen molar-refractivity contribution in [2.75, 3.05) is 25.6 Å². The molecule has 1 aliphatic rings. The lowest BCUT2D eigenvalue weighted by molar-refractivity contribution is -0.122. The van der Waals surface area contributed by atoms with E-state index in [0.29, 0.717) is 38.8 Å². The number of amidine groups is 1. The van der Waals surface area contributed by atoms with E-state index in [9.17, 15) is 9.59 Å². The van der Waals surface area contributed by atoms with Crippen LogP contribution >= 0.6 is 23.4 Å². The zero-order valence-electron chi connectivity index (χ0n) is 21.6. The average molecular weight is 550 g/mol. The highest BCUT2D eigenvalue weighted by Crippen LogP contribution is 2.36. The first-order valence-electron chi connectivity index (χ1n) is 12.0. The van der Waals surface area contributed by atoms with E-state index in [4.69, 9.17) is 26.1 Å². The van der Waals surface area contributed by atoms with Crippen LogP contribution in [0.5, 0.6) is 11.5 Å². The molecule has 0 aromatic heterocycles. The van der Waals surface area contributed by atoms with Crippen LogP contribution in [0.25, 0.3) is 6.08 Å². The van der Waals surface area contributed by atoms with Crippen molar-refractivity contribution in [2.24, 2.45) is 4.99 Å². The Morgan fingerprint density at radius 2 is 1.89 bits per heavy atom. The van der Waals surface area contributed by atoms with Crippen LogP contribution in [0.3, 0.4) is 0 Å². The molecule has 38 heavy (non-hydrogen) atoms. The third-order valence-corrected chi connectivity index (χ3v) is 7.11. The second-order valence-electron chi connectivity index (χ2n) is 8.57. The van der Waals surface area contributed by atoms with Crippen LogP contribution in [-0.2, 0) is 9.59 Å². The van der Waals surface area contributed by atoms with Gasteiger partial charge in [-0.1, -0.05) is 41.9 Å². The quantitative estimate of drug-likeness (QED) is 0.320. The van der Waals surface area contributed by atoms with Gasteiger partial charge >= 0.3 is 0 Å². The molecule has 1 heterocycles. The molecule has 0 aliphatic carbocycles. The van der Waals surface area contributed by atoms with Crippen molar-refractivity contribution in [1.82, 2.24) is 4.90 Å². The average Bonchev–Trinajstić information content (AvgIpc) is 3.19. The number of benzene rings is 3. The van der Waals surface area contributed by atoms with E-state index in [1.54, 1.807) is 53.4 Å². The van der Waals surface area contributed by atoms with E-state index in [1.165, 1.54) is 18.9 Å². The lowest BCUT2D eigenvalue weighted by atomic mass is 10.1. The summed E-state index contributed by atoms with van der Waals surface area (Å²) in [6, 6.07) is 18.3. The molecule has 4 rings (SSSR count). The molecular weight excluding hydrogens is 522 g/mol. The maximum Gasteiger partial charge on any atom is 0.266 e. The van der Waals surface area contributed by atoms with E-state index in [1.807, 2.05) is 39.0 Å². The van der Waals surface area contributed by atoms with Crippen molar-refractivity contribution in [3.63, 3.8) is 0 Å². The Bertz CT molecular complexity index is 1440. The first-order chi connectivity index (χ1) is 18.3. The smallest absolute Gasteiger partial charge is 0.266 e. The second kappa shape index (κ2) is 12.2. The Balaban J connectivity index is 1.50. The number of likely N-dealkylation sites (N-methyl/N-ethyl adjacent to an activating group) is 1. The van der Waals surface area contributed by atoms with Crippen LogP contribution in [0.15, 0.2) is 70.6 Å². The molecule has 0 atom stereocenters. The van der Waals surface area contributed by atoms with Gasteiger partial charge in [0.1, 0.15) is 0 Å². The number of anilines is 1. The molecule has 1 N–H and O–H groups in total. The van der Waals surface area contributed by atoms with Gasteiger partial charge in [0, 0.05) is 6.54 Å². The number of nitrogens with zero attached hydrogens (tertiary/aromatic N) is 2. The number of amides is 2. The molecule has 0 bridgehead atoms. The van der Waals surface area contributed by atoms with E-state index >= 15 is 0 Å². The molecular formula is C29H28ClN3O4S. The molecule has 0 saturated carbocycles. The summed E-state index contributed by atoms with van der Waals surface area (Å²) in [4.78, 5) is 32.5. The third-order valence-electron chi connectivity index (χ3n) is 5.78. The molecule has 196 valence electrons. The predicted octanol–water partition coefficient (Wildman–Crippen LogP) is 6.61. The molecule has 0 spiro atoms. The fourth-order valence-corrected chi connectivity index (χ4v) is 4.99. The van der Waals surface area contributed by atoms with Gasteiger partial charge in [0.15, 0.2) is 23.3 Å². The topological polar surface area (TPSA) is 80.2 Å². The third kappa shape index (κ3) is 6.38. The van der Waals surface area contributed by atoms with E-state index in [0.717, 1.165) is 22.4 Å². The Morgan fingerprint density at radius 3 is 2.63 bits per heavy atom. The number of methoxy groups -OCH3 is 1. The largest absolute Gasteiger partial charge is 0.493 e. The van der Waals surface area contributed by atoms with Crippen molar-refractivity contribution in [3.8, 4) is 11.5 Å². The zero-order valence-corrected chi connectivity index (χ0v) is 23.2. The highest BCUT2D eigenvalue weighted by molar-refractivity contribution is 8.18. The zero-order chi connectivity index (χ0) is 27.2. The minimum absolute atomic E-state index is 0.0999. The molecule has 3 aromatic carbocycles. The fourth-order valence-electron chi connectivity index (χ4n) is 3.75. The molecule has 0 radical (unpaired) electrons. The number of rotatable bonds is 8. The van der Waals surface area contributed by atoms with Gasteiger partial charge < -0.3 is 14.8 Å². The number of nitrogens with one attached hydrogen (secondary N) is 1. The Hall–Kier alpha value is -3.75. The second-order valence-corrected chi connectivity index (χ2v) is 9.99. The summed E-state index contributed by atoms with van der Waals surface area (Å²) in [5.41, 5.74) is 4.28. The lowest BCUT2D eigenvalue weighted by Crippen LogP contribution is -2.28. The highest BCUT2D eigenvalue weighted by atomic mass is 35.5. The number of thioether (sulfide) groups is 1. The Labute approximate surface area is 231 Å². The first kappa shape index (κ1) is 27.3. The normalized spacial score (nSPS) is 15.3. The molecule has 0 unspecified atom stereocenters. The minimum Gasteiger partial charge on any atom is -0.493 e. The molecule has 7 nitrogen and oxygen atoms in total. The van der Waals surface area contributed by atoms with Crippen LogP contribution in [0, 0.1) is 13.8 Å². The number of carbonyl (C=O) groups is 2. The van der Waals surface area contributed by atoms with Crippen molar-refractivity contribution in [2.45, 2.75) is 20.8 Å². The molecule has 9 heteroatoms. The summed E-state index contributed by atoms with van der Waals surface area (Å²) in [5.74, 6) is 0.394. The van der Waals surface area contributed by atoms with E-state index in [2.05, 4.69) is 5.32 Å². The van der Waals surface area contributed by atoms with Gasteiger partial charge in [0.05, 0.1) is 28.4 Å². The van der Waals surface area contributed by atoms with Crippen LogP contribution in [0.2, 0.25) is 5.02 Å². The van der Waals surface area contributed by atoms with Gasteiger partial charge in [0.25, 0.3) is 11.8 Å². The summed E-state index contributed by atoms with van der Waals surface area (Å²) in [6.07, 6.45) is 1.80. The van der Waals surface area contributed by atoms with E-state index in [-0.39, 0.29) is 18.4 Å². The first-order valence-corrected chi connectivity index (χ1v) is 13.2. The molecule has 3 aromatic rings. The molecule has 1 saturated heterocycles. The maximum absolute atomic E-state index is 13.1. The van der Waals surface area contributed by atoms with Crippen LogP contribution in [0.1, 0.15) is 23.6 Å². The number of hydrogen-bond donors (Lipinski definition) is 1. The van der Waals surface area contributed by atoms with E-state index < -0.39 is 0 Å². The van der Waals surface area contributed by atoms with Crippen LogP contribution < -0.4 is 14.8 Å². The number of carbonyl (C=O) groups excluding carboxylic acids is 2. The fraction of sp³-hybridized carbons (Fsp3) is 0.207. The van der Waals surface area contributed by atoms with Gasteiger partial charge in [0.2, 0.25) is 0 Å². The summed E-state index contributed by atoms with van der Waals surface area (Å²) >= 11 is 7.44. The minimum atomic E-state index is -0.352. The van der Waals surface area contributed by atoms with Gasteiger partial charge in [-0.15, -0.1) is 0 Å². The number of halogens is 1. The molecule has 1 fully saturated rings. The number of ether oxygens (including phenoxy) is 2. The summed E-state index contributed by atoms with van der Waals surface area (Å²) in [7, 11) is 1.52. The monoisotopic (exact) mass is 549 g/mol. The predicted molar refractivity (Wildman–Crippen MR) is 155 cm³/mol. The number of para-hydroxylation sites is 1. The Kier molecular flexibility index (Phi) is 8.76. The summed E-state index contributed by atoms with van der Waals surface area (Å²) in [6.45, 7) is 6.24. The van der Waals surface area contributed by atoms with Gasteiger partial charge in [-0.25, -0.2) is 4.99 Å². The van der Waals surface area contributed by atoms with Crippen molar-refractivity contribution >= 4 is 57.8 Å².